The molecular weight excluding hydrogens is 176 g/mol. The first-order valence-corrected chi connectivity index (χ1v) is 4.71. The summed E-state index contributed by atoms with van der Waals surface area (Å²) in [6.45, 7) is 3.97. The fraction of sp³-hybridized carbons (Fsp3) is 0.364. The van der Waals surface area contributed by atoms with Gasteiger partial charge in [-0.05, 0) is 26.0 Å². The summed E-state index contributed by atoms with van der Waals surface area (Å²) in [6.07, 6.45) is 0.862. The molecule has 3 nitrogen and oxygen atoms in total. The van der Waals surface area contributed by atoms with Gasteiger partial charge in [0.25, 0.3) is 0 Å². The van der Waals surface area contributed by atoms with E-state index in [9.17, 15) is 4.79 Å². The Morgan fingerprint density at radius 1 is 1.36 bits per heavy atom. The van der Waals surface area contributed by atoms with Crippen molar-refractivity contribution in [2.75, 3.05) is 17.3 Å². The SMILES string of the molecule is CNc1ccccc1N(C=O)C(C)C. The molecule has 0 spiro atoms. The van der Waals surface area contributed by atoms with Gasteiger partial charge in [0, 0.05) is 13.1 Å². The molecule has 0 saturated carbocycles. The summed E-state index contributed by atoms with van der Waals surface area (Å²) in [7, 11) is 1.85. The summed E-state index contributed by atoms with van der Waals surface area (Å²) < 4.78 is 0. The molecule has 0 aromatic heterocycles. The Morgan fingerprint density at radius 2 is 2.00 bits per heavy atom. The molecule has 0 aliphatic rings. The highest BCUT2D eigenvalue weighted by molar-refractivity contribution is 5.83. The van der Waals surface area contributed by atoms with Crippen LogP contribution in [0.15, 0.2) is 24.3 Å². The lowest BCUT2D eigenvalue weighted by Crippen LogP contribution is -2.29. The molecular formula is C11H16N2O. The van der Waals surface area contributed by atoms with Crippen LogP contribution in [0.1, 0.15) is 13.8 Å². The van der Waals surface area contributed by atoms with Crippen LogP contribution in [0.25, 0.3) is 0 Å². The van der Waals surface area contributed by atoms with Gasteiger partial charge in [-0.25, -0.2) is 0 Å². The van der Waals surface area contributed by atoms with Gasteiger partial charge in [0.15, 0.2) is 0 Å². The number of carbonyl (C=O) groups is 1. The molecule has 1 rings (SSSR count). The maximum Gasteiger partial charge on any atom is 0.214 e. The van der Waals surface area contributed by atoms with Gasteiger partial charge in [0.2, 0.25) is 6.41 Å². The summed E-state index contributed by atoms with van der Waals surface area (Å²) in [5.41, 5.74) is 1.88. The van der Waals surface area contributed by atoms with Crippen molar-refractivity contribution in [2.24, 2.45) is 0 Å². The van der Waals surface area contributed by atoms with E-state index in [1.165, 1.54) is 0 Å². The number of amides is 1. The molecule has 0 saturated heterocycles. The van der Waals surface area contributed by atoms with Crippen molar-refractivity contribution in [2.45, 2.75) is 19.9 Å². The summed E-state index contributed by atoms with van der Waals surface area (Å²) in [5, 5.41) is 3.06. The van der Waals surface area contributed by atoms with Crippen LogP contribution in [-0.4, -0.2) is 19.5 Å². The number of benzene rings is 1. The first kappa shape index (κ1) is 10.6. The fourth-order valence-electron chi connectivity index (χ4n) is 1.37. The Bertz CT molecular complexity index is 310. The first-order chi connectivity index (χ1) is 6.70. The quantitative estimate of drug-likeness (QED) is 0.741. The van der Waals surface area contributed by atoms with Crippen LogP contribution in [0, 0.1) is 0 Å². The molecule has 0 atom stereocenters. The highest BCUT2D eigenvalue weighted by Gasteiger charge is 2.11. The molecule has 76 valence electrons. The predicted molar refractivity (Wildman–Crippen MR) is 59.7 cm³/mol. The summed E-state index contributed by atoms with van der Waals surface area (Å²) in [5.74, 6) is 0. The molecule has 0 fully saturated rings. The normalized spacial score (nSPS) is 10.0. The van der Waals surface area contributed by atoms with Crippen molar-refractivity contribution in [3.05, 3.63) is 24.3 Å². The van der Waals surface area contributed by atoms with Crippen LogP contribution in [-0.2, 0) is 4.79 Å². The number of nitrogens with zero attached hydrogens (tertiary/aromatic N) is 1. The van der Waals surface area contributed by atoms with Crippen molar-refractivity contribution in [1.82, 2.24) is 0 Å². The van der Waals surface area contributed by atoms with E-state index in [2.05, 4.69) is 5.32 Å². The number of para-hydroxylation sites is 2. The van der Waals surface area contributed by atoms with Crippen molar-refractivity contribution in [1.29, 1.82) is 0 Å². The second kappa shape index (κ2) is 4.65. The number of carbonyl (C=O) groups excluding carboxylic acids is 1. The second-order valence-corrected chi connectivity index (χ2v) is 3.37. The van der Waals surface area contributed by atoms with Gasteiger partial charge < -0.3 is 10.2 Å². The fourth-order valence-corrected chi connectivity index (χ4v) is 1.37. The topological polar surface area (TPSA) is 32.3 Å². The molecule has 3 heteroatoms. The number of rotatable bonds is 4. The van der Waals surface area contributed by atoms with Gasteiger partial charge in [-0.1, -0.05) is 12.1 Å². The molecule has 1 N–H and O–H groups in total. The van der Waals surface area contributed by atoms with Gasteiger partial charge in [-0.3, -0.25) is 4.79 Å². The van der Waals surface area contributed by atoms with E-state index < -0.39 is 0 Å². The predicted octanol–water partition coefficient (Wildman–Crippen LogP) is 2.10. The summed E-state index contributed by atoms with van der Waals surface area (Å²) in [6, 6.07) is 7.92. The number of hydrogen-bond acceptors (Lipinski definition) is 2. The standard InChI is InChI=1S/C11H16N2O/c1-9(2)13(8-14)11-7-5-4-6-10(11)12-3/h4-9,12H,1-3H3. The van der Waals surface area contributed by atoms with Gasteiger partial charge in [0.1, 0.15) is 0 Å². The second-order valence-electron chi connectivity index (χ2n) is 3.37. The Morgan fingerprint density at radius 3 is 2.50 bits per heavy atom. The average molecular weight is 192 g/mol. The van der Waals surface area contributed by atoms with E-state index in [1.54, 1.807) is 4.90 Å². The third kappa shape index (κ3) is 2.05. The number of anilines is 2. The van der Waals surface area contributed by atoms with E-state index in [0.717, 1.165) is 17.8 Å². The molecule has 0 aliphatic carbocycles. The van der Waals surface area contributed by atoms with E-state index in [0.29, 0.717) is 0 Å². The van der Waals surface area contributed by atoms with Crippen LogP contribution in [0.5, 0.6) is 0 Å². The maximum absolute atomic E-state index is 10.9. The van der Waals surface area contributed by atoms with Crippen LogP contribution >= 0.6 is 0 Å². The number of nitrogens with one attached hydrogen (secondary N) is 1. The molecule has 0 aliphatic heterocycles. The molecule has 0 heterocycles. The van der Waals surface area contributed by atoms with Crippen molar-refractivity contribution >= 4 is 17.8 Å². The largest absolute Gasteiger partial charge is 0.386 e. The monoisotopic (exact) mass is 192 g/mol. The van der Waals surface area contributed by atoms with E-state index in [4.69, 9.17) is 0 Å². The molecule has 0 bridgehead atoms. The van der Waals surface area contributed by atoms with Crippen LogP contribution in [0.2, 0.25) is 0 Å². The lowest BCUT2D eigenvalue weighted by atomic mass is 10.2. The maximum atomic E-state index is 10.9. The zero-order chi connectivity index (χ0) is 10.6. The van der Waals surface area contributed by atoms with Crippen LogP contribution in [0.4, 0.5) is 11.4 Å². The zero-order valence-electron chi connectivity index (χ0n) is 8.82. The number of hydrogen-bond donors (Lipinski definition) is 1. The minimum absolute atomic E-state index is 0.169. The molecule has 1 aromatic rings. The van der Waals surface area contributed by atoms with E-state index >= 15 is 0 Å². The molecule has 0 unspecified atom stereocenters. The molecule has 1 amide bonds. The first-order valence-electron chi connectivity index (χ1n) is 4.71. The smallest absolute Gasteiger partial charge is 0.214 e. The Labute approximate surface area is 84.7 Å². The summed E-state index contributed by atoms with van der Waals surface area (Å²) >= 11 is 0. The minimum atomic E-state index is 0.169. The van der Waals surface area contributed by atoms with Crippen LogP contribution in [0.3, 0.4) is 0 Å². The average Bonchev–Trinajstić information content (AvgIpc) is 2.19. The van der Waals surface area contributed by atoms with E-state index in [1.807, 2.05) is 45.2 Å². The minimum Gasteiger partial charge on any atom is -0.386 e. The van der Waals surface area contributed by atoms with E-state index in [-0.39, 0.29) is 6.04 Å². The van der Waals surface area contributed by atoms with Crippen LogP contribution < -0.4 is 10.2 Å². The lowest BCUT2D eigenvalue weighted by Gasteiger charge is -2.24. The summed E-state index contributed by atoms with van der Waals surface area (Å²) in [4.78, 5) is 12.6. The van der Waals surface area contributed by atoms with Gasteiger partial charge in [0.05, 0.1) is 11.4 Å². The zero-order valence-corrected chi connectivity index (χ0v) is 8.82. The van der Waals surface area contributed by atoms with Crippen molar-refractivity contribution < 1.29 is 4.79 Å². The Balaban J connectivity index is 3.08. The molecule has 14 heavy (non-hydrogen) atoms. The van der Waals surface area contributed by atoms with Crippen molar-refractivity contribution in [3.8, 4) is 0 Å². The highest BCUT2D eigenvalue weighted by atomic mass is 16.1. The van der Waals surface area contributed by atoms with Gasteiger partial charge in [-0.2, -0.15) is 0 Å². The van der Waals surface area contributed by atoms with Gasteiger partial charge >= 0.3 is 0 Å². The molecule has 1 aromatic carbocycles. The third-order valence-electron chi connectivity index (χ3n) is 2.12. The Kier molecular flexibility index (Phi) is 3.51. The highest BCUT2D eigenvalue weighted by Crippen LogP contribution is 2.25. The van der Waals surface area contributed by atoms with Gasteiger partial charge in [-0.15, -0.1) is 0 Å². The van der Waals surface area contributed by atoms with Crippen molar-refractivity contribution in [3.63, 3.8) is 0 Å². The lowest BCUT2D eigenvalue weighted by molar-refractivity contribution is -0.107. The Hall–Kier alpha value is -1.51. The molecule has 0 radical (unpaired) electrons. The third-order valence-corrected chi connectivity index (χ3v) is 2.12.